The van der Waals surface area contributed by atoms with Gasteiger partial charge in [-0.05, 0) is 12.8 Å². The van der Waals surface area contributed by atoms with Crippen LogP contribution in [0.2, 0.25) is 0 Å². The van der Waals surface area contributed by atoms with Crippen molar-refractivity contribution in [1.82, 2.24) is 0 Å². The molecule has 0 aromatic carbocycles. The Morgan fingerprint density at radius 3 is 1.48 bits per heavy atom. The lowest BCUT2D eigenvalue weighted by Gasteiger charge is -2.11. The molecular weight excluding hydrogens is 308 g/mol. The molecule has 0 heterocycles. The van der Waals surface area contributed by atoms with Gasteiger partial charge in [0.1, 0.15) is 0 Å². The summed E-state index contributed by atoms with van der Waals surface area (Å²) in [7, 11) is 0. The normalized spacial score (nSPS) is 12.3. The van der Waals surface area contributed by atoms with Crippen molar-refractivity contribution in [1.29, 1.82) is 0 Å². The first-order chi connectivity index (χ1) is 12.2. The van der Waals surface area contributed by atoms with Crippen LogP contribution in [0.4, 0.5) is 0 Å². The molecule has 2 heteroatoms. The van der Waals surface area contributed by atoms with Gasteiger partial charge in [0.05, 0.1) is 12.5 Å². The average Bonchev–Trinajstić information content (AvgIpc) is 2.61. The van der Waals surface area contributed by atoms with Crippen molar-refractivity contribution in [2.45, 2.75) is 130 Å². The second-order valence-electron chi connectivity index (χ2n) is 7.81. The maximum Gasteiger partial charge on any atom is 0.308 e. The molecular formula is C23H46O2. The van der Waals surface area contributed by atoms with Crippen LogP contribution in [0.5, 0.6) is 0 Å². The van der Waals surface area contributed by atoms with E-state index in [1.165, 1.54) is 89.9 Å². The quantitative estimate of drug-likeness (QED) is 0.174. The lowest BCUT2D eigenvalue weighted by atomic mass is 10.0. The largest absolute Gasteiger partial charge is 0.465 e. The molecule has 0 rings (SSSR count). The van der Waals surface area contributed by atoms with Gasteiger partial charge in [0.2, 0.25) is 0 Å². The van der Waals surface area contributed by atoms with E-state index < -0.39 is 0 Å². The minimum Gasteiger partial charge on any atom is -0.465 e. The third kappa shape index (κ3) is 18.1. The van der Waals surface area contributed by atoms with Gasteiger partial charge in [0.15, 0.2) is 0 Å². The Kier molecular flexibility index (Phi) is 19.4. The Balaban J connectivity index is 3.21. The molecule has 0 fully saturated rings. The first-order valence-corrected chi connectivity index (χ1v) is 11.4. The molecule has 0 N–H and O–H groups in total. The van der Waals surface area contributed by atoms with Crippen molar-refractivity contribution in [2.24, 2.45) is 5.92 Å². The molecule has 0 aliphatic rings. The van der Waals surface area contributed by atoms with Gasteiger partial charge in [-0.15, -0.1) is 0 Å². The number of esters is 1. The predicted molar refractivity (Wildman–Crippen MR) is 110 cm³/mol. The molecule has 0 amide bonds. The van der Waals surface area contributed by atoms with Crippen LogP contribution >= 0.6 is 0 Å². The van der Waals surface area contributed by atoms with Crippen molar-refractivity contribution in [3.63, 3.8) is 0 Å². The Morgan fingerprint density at radius 1 is 0.640 bits per heavy atom. The molecule has 150 valence electrons. The van der Waals surface area contributed by atoms with Crippen molar-refractivity contribution >= 4 is 5.97 Å². The molecule has 0 bridgehead atoms. The number of hydrogen-bond acceptors (Lipinski definition) is 2. The molecule has 0 radical (unpaired) electrons. The van der Waals surface area contributed by atoms with Crippen LogP contribution in [0.1, 0.15) is 130 Å². The maximum absolute atomic E-state index is 11.8. The van der Waals surface area contributed by atoms with Gasteiger partial charge in [0.25, 0.3) is 0 Å². The Labute approximate surface area is 158 Å². The molecule has 25 heavy (non-hydrogen) atoms. The van der Waals surface area contributed by atoms with Gasteiger partial charge in [-0.3, -0.25) is 4.79 Å². The van der Waals surface area contributed by atoms with Crippen LogP contribution in [0, 0.1) is 5.92 Å². The fourth-order valence-corrected chi connectivity index (χ4v) is 3.22. The molecule has 0 aromatic heterocycles. The third-order valence-corrected chi connectivity index (χ3v) is 5.14. The van der Waals surface area contributed by atoms with E-state index in [0.717, 1.165) is 19.3 Å². The van der Waals surface area contributed by atoms with Gasteiger partial charge < -0.3 is 4.74 Å². The summed E-state index contributed by atoms with van der Waals surface area (Å²) >= 11 is 0. The molecule has 1 atom stereocenters. The molecule has 0 aromatic rings. The zero-order valence-electron chi connectivity index (χ0n) is 17.6. The van der Waals surface area contributed by atoms with E-state index in [1.807, 2.05) is 6.92 Å². The molecule has 2 nitrogen and oxygen atoms in total. The third-order valence-electron chi connectivity index (χ3n) is 5.14. The number of unbranched alkanes of at least 4 members (excludes halogenated alkanes) is 14. The van der Waals surface area contributed by atoms with Gasteiger partial charge in [-0.25, -0.2) is 0 Å². The summed E-state index contributed by atoms with van der Waals surface area (Å²) in [4.78, 5) is 11.8. The zero-order chi connectivity index (χ0) is 18.6. The maximum atomic E-state index is 11.8. The molecule has 0 saturated heterocycles. The van der Waals surface area contributed by atoms with Crippen molar-refractivity contribution in [3.8, 4) is 0 Å². The van der Waals surface area contributed by atoms with E-state index in [1.54, 1.807) is 0 Å². The molecule has 0 spiro atoms. The highest BCUT2D eigenvalue weighted by Crippen LogP contribution is 2.15. The Bertz CT molecular complexity index is 275. The van der Waals surface area contributed by atoms with E-state index in [0.29, 0.717) is 6.61 Å². The van der Waals surface area contributed by atoms with E-state index >= 15 is 0 Å². The Hall–Kier alpha value is -0.530. The first-order valence-electron chi connectivity index (χ1n) is 11.4. The van der Waals surface area contributed by atoms with Crippen LogP contribution in [-0.2, 0) is 9.53 Å². The van der Waals surface area contributed by atoms with Gasteiger partial charge >= 0.3 is 5.97 Å². The molecule has 0 aliphatic carbocycles. The summed E-state index contributed by atoms with van der Waals surface area (Å²) in [6, 6.07) is 0. The van der Waals surface area contributed by atoms with E-state index in [-0.39, 0.29) is 11.9 Å². The summed E-state index contributed by atoms with van der Waals surface area (Å²) in [5, 5.41) is 0. The number of rotatable bonds is 19. The van der Waals surface area contributed by atoms with E-state index in [9.17, 15) is 4.79 Å². The standard InChI is InChI=1S/C23H46O2/c1-4-6-8-9-10-11-12-13-14-15-16-17-18-19-20-22(3)23(24)25-21-7-5-2/h22H,4-21H2,1-3H3. The monoisotopic (exact) mass is 354 g/mol. The number of carbonyl (C=O) groups is 1. The number of ether oxygens (including phenoxy) is 1. The van der Waals surface area contributed by atoms with Crippen LogP contribution in [-0.4, -0.2) is 12.6 Å². The van der Waals surface area contributed by atoms with Crippen molar-refractivity contribution in [2.75, 3.05) is 6.61 Å². The topological polar surface area (TPSA) is 26.3 Å². The zero-order valence-corrected chi connectivity index (χ0v) is 17.6. The second kappa shape index (κ2) is 19.8. The van der Waals surface area contributed by atoms with Crippen LogP contribution in [0.3, 0.4) is 0 Å². The van der Waals surface area contributed by atoms with Gasteiger partial charge in [0, 0.05) is 0 Å². The first kappa shape index (κ1) is 24.5. The fraction of sp³-hybridized carbons (Fsp3) is 0.957. The minimum absolute atomic E-state index is 0.00291. The van der Waals surface area contributed by atoms with Crippen LogP contribution in [0.15, 0.2) is 0 Å². The predicted octanol–water partition coefficient (Wildman–Crippen LogP) is 7.84. The summed E-state index contributed by atoms with van der Waals surface area (Å²) in [6.07, 6.45) is 22.4. The van der Waals surface area contributed by atoms with Crippen LogP contribution < -0.4 is 0 Å². The highest BCUT2D eigenvalue weighted by molar-refractivity contribution is 5.71. The van der Waals surface area contributed by atoms with E-state index in [4.69, 9.17) is 4.74 Å². The highest BCUT2D eigenvalue weighted by atomic mass is 16.5. The molecule has 1 unspecified atom stereocenters. The number of carbonyl (C=O) groups excluding carboxylic acids is 1. The van der Waals surface area contributed by atoms with Crippen molar-refractivity contribution in [3.05, 3.63) is 0 Å². The Morgan fingerprint density at radius 2 is 1.04 bits per heavy atom. The van der Waals surface area contributed by atoms with E-state index in [2.05, 4.69) is 13.8 Å². The molecule has 0 saturated carbocycles. The molecule has 0 aliphatic heterocycles. The SMILES string of the molecule is CCCCCCCCCCCCCCCCC(C)C(=O)OCCCC. The number of hydrogen-bond donors (Lipinski definition) is 0. The summed E-state index contributed by atoms with van der Waals surface area (Å²) in [5.41, 5.74) is 0. The van der Waals surface area contributed by atoms with Gasteiger partial charge in [-0.2, -0.15) is 0 Å². The van der Waals surface area contributed by atoms with Gasteiger partial charge in [-0.1, -0.05) is 117 Å². The minimum atomic E-state index is 0.00291. The second-order valence-corrected chi connectivity index (χ2v) is 7.81. The highest BCUT2D eigenvalue weighted by Gasteiger charge is 2.13. The lowest BCUT2D eigenvalue weighted by Crippen LogP contribution is -2.15. The lowest BCUT2D eigenvalue weighted by molar-refractivity contribution is -0.148. The summed E-state index contributed by atoms with van der Waals surface area (Å²) in [5.74, 6) is 0.0809. The van der Waals surface area contributed by atoms with Crippen molar-refractivity contribution < 1.29 is 9.53 Å². The van der Waals surface area contributed by atoms with Crippen LogP contribution in [0.25, 0.3) is 0 Å². The summed E-state index contributed by atoms with van der Waals surface area (Å²) < 4.78 is 5.27. The average molecular weight is 355 g/mol. The fourth-order valence-electron chi connectivity index (χ4n) is 3.22. The summed E-state index contributed by atoms with van der Waals surface area (Å²) in [6.45, 7) is 7.00. The smallest absolute Gasteiger partial charge is 0.308 e.